The molecule has 0 aliphatic rings. The van der Waals surface area contributed by atoms with E-state index in [1.165, 1.54) is 47.6 Å². The molecular weight excluding hydrogens is 701 g/mol. The second kappa shape index (κ2) is 13.3. The molecule has 0 radical (unpaired) electrons. The van der Waals surface area contributed by atoms with Crippen molar-refractivity contribution < 1.29 is 0 Å². The van der Waals surface area contributed by atoms with Gasteiger partial charge in [0, 0.05) is 47.6 Å². The summed E-state index contributed by atoms with van der Waals surface area (Å²) in [4.78, 5) is 15.4. The summed E-state index contributed by atoms with van der Waals surface area (Å²) in [7, 11) is 0. The predicted molar refractivity (Wildman–Crippen MR) is 234 cm³/mol. The molecule has 0 atom stereocenters. The topological polar surface area (TPSA) is 43.6 Å². The second-order valence-electron chi connectivity index (χ2n) is 14.0. The van der Waals surface area contributed by atoms with E-state index in [9.17, 15) is 0 Å². The van der Waals surface area contributed by atoms with E-state index in [1.807, 2.05) is 35.6 Å². The van der Waals surface area contributed by atoms with Gasteiger partial charge in [0.15, 0.2) is 17.5 Å². The highest BCUT2D eigenvalue weighted by Crippen LogP contribution is 2.45. The smallest absolute Gasteiger partial charge is 0.166 e. The summed E-state index contributed by atoms with van der Waals surface area (Å²) in [5, 5.41) is 5.04. The lowest BCUT2D eigenvalue weighted by Gasteiger charge is -2.14. The monoisotopic (exact) mass is 732 g/mol. The Labute approximate surface area is 327 Å². The van der Waals surface area contributed by atoms with Crippen LogP contribution in [0.25, 0.3) is 104 Å². The van der Waals surface area contributed by atoms with Crippen molar-refractivity contribution in [2.24, 2.45) is 0 Å². The molecule has 5 heteroatoms. The van der Waals surface area contributed by atoms with Crippen LogP contribution in [-0.4, -0.2) is 19.5 Å². The van der Waals surface area contributed by atoms with E-state index >= 15 is 0 Å². The molecule has 0 spiro atoms. The molecule has 0 N–H and O–H groups in total. The molecular formula is C51H32N4S. The van der Waals surface area contributed by atoms with E-state index in [2.05, 4.69) is 174 Å². The van der Waals surface area contributed by atoms with Crippen LogP contribution in [0.3, 0.4) is 0 Å². The van der Waals surface area contributed by atoms with E-state index < -0.39 is 0 Å². The first-order valence-electron chi connectivity index (χ1n) is 18.8. The van der Waals surface area contributed by atoms with Crippen LogP contribution in [0.1, 0.15) is 0 Å². The van der Waals surface area contributed by atoms with Crippen molar-refractivity contribution in [3.8, 4) is 62.1 Å². The predicted octanol–water partition coefficient (Wildman–Crippen LogP) is 13.7. The average Bonchev–Trinajstić information content (AvgIpc) is 3.82. The molecule has 0 fully saturated rings. The lowest BCUT2D eigenvalue weighted by molar-refractivity contribution is 1.06. The fourth-order valence-corrected chi connectivity index (χ4v) is 9.24. The molecule has 0 amide bonds. The van der Waals surface area contributed by atoms with Gasteiger partial charge in [0.05, 0.1) is 16.7 Å². The second-order valence-corrected chi connectivity index (χ2v) is 15.1. The maximum atomic E-state index is 5.21. The zero-order valence-electron chi connectivity index (χ0n) is 30.2. The highest BCUT2D eigenvalue weighted by molar-refractivity contribution is 7.26. The quantitative estimate of drug-likeness (QED) is 0.171. The van der Waals surface area contributed by atoms with Crippen LogP contribution >= 0.6 is 11.3 Å². The van der Waals surface area contributed by atoms with Crippen molar-refractivity contribution in [3.05, 3.63) is 194 Å². The molecule has 4 nitrogen and oxygen atoms in total. The van der Waals surface area contributed by atoms with Gasteiger partial charge in [-0.1, -0.05) is 158 Å². The third-order valence-corrected chi connectivity index (χ3v) is 11.9. The number of hydrogen-bond donors (Lipinski definition) is 0. The van der Waals surface area contributed by atoms with Gasteiger partial charge in [-0.3, -0.25) is 0 Å². The minimum atomic E-state index is 0.624. The van der Waals surface area contributed by atoms with Gasteiger partial charge in [-0.05, 0) is 58.7 Å². The van der Waals surface area contributed by atoms with Gasteiger partial charge < -0.3 is 4.57 Å². The van der Waals surface area contributed by atoms with Crippen molar-refractivity contribution in [1.29, 1.82) is 0 Å². The molecule has 0 bridgehead atoms. The zero-order valence-corrected chi connectivity index (χ0v) is 31.0. The first-order valence-corrected chi connectivity index (χ1v) is 19.6. The number of benzene rings is 8. The third kappa shape index (κ3) is 5.40. The van der Waals surface area contributed by atoms with Crippen molar-refractivity contribution in [2.45, 2.75) is 0 Å². The fraction of sp³-hybridized carbons (Fsp3) is 0. The third-order valence-electron chi connectivity index (χ3n) is 10.7. The Hall–Kier alpha value is -7.21. The van der Waals surface area contributed by atoms with E-state index in [4.69, 9.17) is 15.0 Å². The van der Waals surface area contributed by atoms with Crippen molar-refractivity contribution >= 4 is 53.3 Å². The summed E-state index contributed by atoms with van der Waals surface area (Å²) >= 11 is 1.87. The molecule has 3 aromatic heterocycles. The number of aromatic nitrogens is 4. The molecule has 262 valence electrons. The van der Waals surface area contributed by atoms with Gasteiger partial charge in [-0.25, -0.2) is 15.0 Å². The Bertz CT molecular complexity index is 3220. The Morgan fingerprint density at radius 1 is 0.357 bits per heavy atom. The molecule has 0 unspecified atom stereocenters. The first kappa shape index (κ1) is 32.2. The van der Waals surface area contributed by atoms with Crippen LogP contribution in [0.15, 0.2) is 194 Å². The summed E-state index contributed by atoms with van der Waals surface area (Å²) in [6, 6.07) is 68.4. The van der Waals surface area contributed by atoms with E-state index in [0.29, 0.717) is 17.5 Å². The van der Waals surface area contributed by atoms with Gasteiger partial charge in [0.2, 0.25) is 0 Å². The number of fused-ring (bicyclic) bond motifs is 7. The van der Waals surface area contributed by atoms with Crippen LogP contribution in [-0.2, 0) is 0 Å². The number of thiophene rings is 1. The molecule has 0 aliphatic carbocycles. The maximum Gasteiger partial charge on any atom is 0.166 e. The van der Waals surface area contributed by atoms with Gasteiger partial charge >= 0.3 is 0 Å². The highest BCUT2D eigenvalue weighted by atomic mass is 32.1. The SMILES string of the molecule is c1ccc(-c2ccc(-c3nc(-c4ccccc4)nc(-c4ccccc4-n4c5ccccc5c5c6sc7ccc(-c8ccccc8)cc7c6ccc54)n3)cc2)cc1. The molecule has 11 aromatic rings. The fourth-order valence-electron chi connectivity index (χ4n) is 8.00. The minimum Gasteiger partial charge on any atom is -0.308 e. The zero-order chi connectivity index (χ0) is 37.0. The van der Waals surface area contributed by atoms with Crippen molar-refractivity contribution in [1.82, 2.24) is 19.5 Å². The number of rotatable bonds is 6. The summed E-state index contributed by atoms with van der Waals surface area (Å²) in [5.74, 6) is 1.89. The van der Waals surface area contributed by atoms with Crippen LogP contribution in [0.5, 0.6) is 0 Å². The highest BCUT2D eigenvalue weighted by Gasteiger charge is 2.21. The van der Waals surface area contributed by atoms with Crippen molar-refractivity contribution in [3.63, 3.8) is 0 Å². The Morgan fingerprint density at radius 2 is 0.893 bits per heavy atom. The standard InChI is InChI=1S/C51H32N4S/c1-4-14-33(15-5-1)35-24-26-37(27-25-35)50-52-49(36-18-8-3-9-19-36)53-51(54-50)41-21-11-13-23-44(41)55-43-22-12-10-20-40(43)47-45(55)30-29-39-42-32-38(34-16-6-2-7-17-34)28-31-46(42)56-48(39)47/h1-32H. The maximum absolute atomic E-state index is 5.21. The Kier molecular flexibility index (Phi) is 7.64. The number of para-hydroxylation sites is 2. The van der Waals surface area contributed by atoms with Crippen LogP contribution < -0.4 is 0 Å². The molecule has 0 saturated heterocycles. The first-order chi connectivity index (χ1) is 27.8. The van der Waals surface area contributed by atoms with E-state index in [0.717, 1.165) is 39.0 Å². The van der Waals surface area contributed by atoms with Crippen LogP contribution in [0, 0.1) is 0 Å². The minimum absolute atomic E-state index is 0.624. The molecule has 56 heavy (non-hydrogen) atoms. The number of nitrogens with zero attached hydrogens (tertiary/aromatic N) is 4. The molecule has 0 saturated carbocycles. The lowest BCUT2D eigenvalue weighted by atomic mass is 10.0. The van der Waals surface area contributed by atoms with Gasteiger partial charge in [0.1, 0.15) is 0 Å². The summed E-state index contributed by atoms with van der Waals surface area (Å²) < 4.78 is 4.97. The summed E-state index contributed by atoms with van der Waals surface area (Å²) in [6.45, 7) is 0. The molecule has 3 heterocycles. The largest absolute Gasteiger partial charge is 0.308 e. The number of hydrogen-bond acceptors (Lipinski definition) is 4. The van der Waals surface area contributed by atoms with Gasteiger partial charge in [-0.2, -0.15) is 0 Å². The lowest BCUT2D eigenvalue weighted by Crippen LogP contribution is -2.03. The van der Waals surface area contributed by atoms with Crippen LogP contribution in [0.4, 0.5) is 0 Å². The molecule has 8 aromatic carbocycles. The van der Waals surface area contributed by atoms with E-state index in [1.54, 1.807) is 0 Å². The summed E-state index contributed by atoms with van der Waals surface area (Å²) in [6.07, 6.45) is 0. The van der Waals surface area contributed by atoms with Crippen molar-refractivity contribution in [2.75, 3.05) is 0 Å². The Morgan fingerprint density at radius 3 is 1.62 bits per heavy atom. The average molecular weight is 733 g/mol. The van der Waals surface area contributed by atoms with Crippen LogP contribution in [0.2, 0.25) is 0 Å². The Balaban J connectivity index is 1.11. The normalized spacial score (nSPS) is 11.6. The van der Waals surface area contributed by atoms with E-state index in [-0.39, 0.29) is 0 Å². The summed E-state index contributed by atoms with van der Waals surface area (Å²) in [5.41, 5.74) is 10.9. The molecule has 0 aliphatic heterocycles. The molecule has 11 rings (SSSR count). The van der Waals surface area contributed by atoms with Gasteiger partial charge in [0.25, 0.3) is 0 Å². The van der Waals surface area contributed by atoms with Gasteiger partial charge in [-0.15, -0.1) is 11.3 Å².